The molecule has 0 saturated heterocycles. The second-order valence-electron chi connectivity index (χ2n) is 11.7. The fourth-order valence-corrected chi connectivity index (χ4v) is 5.09. The minimum absolute atomic E-state index is 0.207. The van der Waals surface area contributed by atoms with Crippen LogP contribution in [0.25, 0.3) is 0 Å². The maximum absolute atomic E-state index is 6.98. The summed E-state index contributed by atoms with van der Waals surface area (Å²) in [5.74, 6) is 8.56. The highest BCUT2D eigenvalue weighted by atomic mass is 16.5. The molecule has 3 heterocycles. The Morgan fingerprint density at radius 1 is 1.13 bits per heavy atom. The molecule has 5 rings (SSSR count). The molecular weight excluding hydrogens is 490 g/mol. The molecule has 1 unspecified atom stereocenters. The van der Waals surface area contributed by atoms with Gasteiger partial charge in [-0.1, -0.05) is 19.8 Å². The van der Waals surface area contributed by atoms with E-state index >= 15 is 0 Å². The quantitative estimate of drug-likeness (QED) is 0.516. The highest BCUT2D eigenvalue weighted by Crippen LogP contribution is 2.43. The number of methoxy groups -OCH3 is 1. The number of anilines is 2. The molecule has 1 saturated carbocycles. The molecule has 10 nitrogen and oxygen atoms in total. The zero-order valence-electron chi connectivity index (χ0n) is 23.8. The predicted molar refractivity (Wildman–Crippen MR) is 152 cm³/mol. The molecule has 10 heteroatoms. The van der Waals surface area contributed by atoms with E-state index in [9.17, 15) is 0 Å². The lowest BCUT2D eigenvalue weighted by molar-refractivity contribution is 0.205. The van der Waals surface area contributed by atoms with E-state index in [0.29, 0.717) is 42.1 Å². The Bertz CT molecular complexity index is 1380. The summed E-state index contributed by atoms with van der Waals surface area (Å²) in [6.45, 7) is 6.74. The summed E-state index contributed by atoms with van der Waals surface area (Å²) in [6, 6.07) is 4.04. The fraction of sp³-hybridized carbons (Fsp3) is 0.517. The van der Waals surface area contributed by atoms with Gasteiger partial charge in [0.15, 0.2) is 5.82 Å². The highest BCUT2D eigenvalue weighted by Gasteiger charge is 2.43. The fourth-order valence-electron chi connectivity index (χ4n) is 5.09. The van der Waals surface area contributed by atoms with Crippen LogP contribution in [0.3, 0.4) is 0 Å². The van der Waals surface area contributed by atoms with Crippen LogP contribution in [0.4, 0.5) is 11.6 Å². The van der Waals surface area contributed by atoms with Gasteiger partial charge in [-0.3, -0.25) is 0 Å². The zero-order valence-corrected chi connectivity index (χ0v) is 23.8. The minimum atomic E-state index is -1.12. The molecule has 1 fully saturated rings. The standard InChI is InChI=1S/C29H39N9O/c1-28(2)17-38(22-12-11-20(34-25(22)28)10-9-19-7-8-19)27-33-18-32-26(35-27)29(31)16-21(30)23(15-24(29)39-6)37(5)14-13-36(3)4/h11-12,15,18-19H,7-8,13-14,16-17,30-31H2,1-6H3. The Morgan fingerprint density at radius 2 is 1.90 bits per heavy atom. The van der Waals surface area contributed by atoms with Crippen LogP contribution in [-0.4, -0.2) is 77.6 Å². The van der Waals surface area contributed by atoms with E-state index in [1.54, 1.807) is 7.11 Å². The molecule has 4 N–H and O–H groups in total. The van der Waals surface area contributed by atoms with Crippen LogP contribution in [0.15, 0.2) is 41.7 Å². The van der Waals surface area contributed by atoms with E-state index in [-0.39, 0.29) is 5.41 Å². The lowest BCUT2D eigenvalue weighted by Gasteiger charge is -2.36. The summed E-state index contributed by atoms with van der Waals surface area (Å²) in [5, 5.41) is 0. The number of nitrogens with two attached hydrogens (primary N) is 2. The third-order valence-corrected chi connectivity index (χ3v) is 7.56. The van der Waals surface area contributed by atoms with Crippen molar-refractivity contribution in [2.45, 2.75) is 44.1 Å². The van der Waals surface area contributed by atoms with Crippen molar-refractivity contribution in [3.8, 4) is 11.8 Å². The normalized spacial score (nSPS) is 21.8. The first-order chi connectivity index (χ1) is 18.5. The van der Waals surface area contributed by atoms with E-state index in [2.05, 4.69) is 56.4 Å². The van der Waals surface area contributed by atoms with E-state index in [4.69, 9.17) is 26.2 Å². The van der Waals surface area contributed by atoms with Gasteiger partial charge in [0.05, 0.1) is 24.2 Å². The van der Waals surface area contributed by atoms with Crippen LogP contribution < -0.4 is 16.4 Å². The number of rotatable bonds is 7. The van der Waals surface area contributed by atoms with Crippen molar-refractivity contribution in [1.82, 2.24) is 29.7 Å². The van der Waals surface area contributed by atoms with Crippen LogP contribution in [0.2, 0.25) is 0 Å². The number of fused-ring (bicyclic) bond motifs is 1. The number of pyridine rings is 1. The summed E-state index contributed by atoms with van der Waals surface area (Å²) in [4.78, 5) is 25.1. The van der Waals surface area contributed by atoms with E-state index in [1.807, 2.05) is 33.3 Å². The first-order valence-electron chi connectivity index (χ1n) is 13.4. The maximum atomic E-state index is 6.98. The monoisotopic (exact) mass is 529 g/mol. The Balaban J connectivity index is 1.45. The van der Waals surface area contributed by atoms with E-state index in [1.165, 1.54) is 19.2 Å². The Hall–Kier alpha value is -3.68. The zero-order chi connectivity index (χ0) is 27.9. The summed E-state index contributed by atoms with van der Waals surface area (Å²) < 4.78 is 5.80. The van der Waals surface area contributed by atoms with Gasteiger partial charge in [0.25, 0.3) is 0 Å². The molecule has 39 heavy (non-hydrogen) atoms. The average molecular weight is 530 g/mol. The van der Waals surface area contributed by atoms with Crippen LogP contribution in [0, 0.1) is 17.8 Å². The molecule has 0 radical (unpaired) electrons. The number of hydrogen-bond donors (Lipinski definition) is 2. The molecule has 2 aromatic rings. The lowest BCUT2D eigenvalue weighted by Crippen LogP contribution is -2.46. The van der Waals surface area contributed by atoms with Gasteiger partial charge in [0.2, 0.25) is 5.95 Å². The van der Waals surface area contributed by atoms with Crippen molar-refractivity contribution in [2.75, 3.05) is 52.8 Å². The van der Waals surface area contributed by atoms with Crippen molar-refractivity contribution in [3.63, 3.8) is 0 Å². The van der Waals surface area contributed by atoms with Crippen molar-refractivity contribution in [1.29, 1.82) is 0 Å². The molecule has 2 aliphatic carbocycles. The summed E-state index contributed by atoms with van der Waals surface area (Å²) in [5.41, 5.74) is 16.5. The highest BCUT2D eigenvalue weighted by molar-refractivity contribution is 5.67. The molecule has 3 aliphatic rings. The number of likely N-dealkylation sites (N-methyl/N-ethyl adjacent to an activating group) is 2. The van der Waals surface area contributed by atoms with Crippen molar-refractivity contribution in [2.24, 2.45) is 17.4 Å². The molecule has 0 spiro atoms. The first-order valence-corrected chi connectivity index (χ1v) is 13.4. The molecule has 2 aromatic heterocycles. The van der Waals surface area contributed by atoms with Gasteiger partial charge in [-0.15, -0.1) is 0 Å². The van der Waals surface area contributed by atoms with Crippen LogP contribution in [-0.2, 0) is 15.7 Å². The van der Waals surface area contributed by atoms with Crippen LogP contribution >= 0.6 is 0 Å². The van der Waals surface area contributed by atoms with Gasteiger partial charge in [-0.2, -0.15) is 4.98 Å². The van der Waals surface area contributed by atoms with Crippen LogP contribution in [0.1, 0.15) is 50.3 Å². The Kier molecular flexibility index (Phi) is 6.99. The van der Waals surface area contributed by atoms with Crippen LogP contribution in [0.5, 0.6) is 0 Å². The number of hydrogen-bond acceptors (Lipinski definition) is 10. The predicted octanol–water partition coefficient (Wildman–Crippen LogP) is 2.21. The third-order valence-electron chi connectivity index (χ3n) is 7.56. The second-order valence-corrected chi connectivity index (χ2v) is 11.7. The first kappa shape index (κ1) is 26.9. The van der Waals surface area contributed by atoms with E-state index < -0.39 is 5.54 Å². The molecule has 0 aromatic carbocycles. The largest absolute Gasteiger partial charge is 0.499 e. The molecule has 1 atom stereocenters. The molecule has 0 amide bonds. The van der Waals surface area contributed by atoms with Gasteiger partial charge in [-0.25, -0.2) is 15.0 Å². The SMILES string of the molecule is COC1=CC(N(C)CCN(C)C)=C(N)CC1(N)c1ncnc(N2CC(C)(C)c3nc(C#CC4CC4)ccc32)n1. The minimum Gasteiger partial charge on any atom is -0.499 e. The summed E-state index contributed by atoms with van der Waals surface area (Å²) in [7, 11) is 7.72. The number of ether oxygens (including phenoxy) is 1. The van der Waals surface area contributed by atoms with Crippen molar-refractivity contribution >= 4 is 11.6 Å². The van der Waals surface area contributed by atoms with Gasteiger partial charge in [0, 0.05) is 56.2 Å². The Labute approximate surface area is 231 Å². The molecule has 0 bridgehead atoms. The number of allylic oxidation sites excluding steroid dienone is 1. The molecule has 1 aliphatic heterocycles. The second kappa shape index (κ2) is 10.1. The third kappa shape index (κ3) is 5.29. The van der Waals surface area contributed by atoms with Gasteiger partial charge >= 0.3 is 0 Å². The average Bonchev–Trinajstić information content (AvgIpc) is 3.70. The smallest absolute Gasteiger partial charge is 0.233 e. The Morgan fingerprint density at radius 3 is 2.59 bits per heavy atom. The lowest BCUT2D eigenvalue weighted by atomic mass is 9.86. The van der Waals surface area contributed by atoms with E-state index in [0.717, 1.165) is 35.9 Å². The summed E-state index contributed by atoms with van der Waals surface area (Å²) >= 11 is 0. The number of nitrogens with zero attached hydrogens (tertiary/aromatic N) is 7. The van der Waals surface area contributed by atoms with Gasteiger partial charge < -0.3 is 30.9 Å². The van der Waals surface area contributed by atoms with Crippen molar-refractivity contribution < 1.29 is 4.74 Å². The molecular formula is C29H39N9O. The van der Waals surface area contributed by atoms with Crippen molar-refractivity contribution in [3.05, 3.63) is 58.9 Å². The topological polar surface area (TPSA) is 123 Å². The maximum Gasteiger partial charge on any atom is 0.233 e. The molecule has 206 valence electrons. The summed E-state index contributed by atoms with van der Waals surface area (Å²) in [6.07, 6.45) is 6.12. The van der Waals surface area contributed by atoms with Gasteiger partial charge in [-0.05, 0) is 45.0 Å². The van der Waals surface area contributed by atoms with Gasteiger partial charge in [0.1, 0.15) is 23.3 Å². The number of aromatic nitrogens is 4.